The lowest BCUT2D eigenvalue weighted by molar-refractivity contribution is -0.128. The fourth-order valence-electron chi connectivity index (χ4n) is 2.63. The molecule has 0 saturated carbocycles. The Morgan fingerprint density at radius 3 is 2.52 bits per heavy atom. The first-order chi connectivity index (χ1) is 14.0. The third-order valence-electron chi connectivity index (χ3n) is 4.18. The number of ether oxygens (including phenoxy) is 1. The van der Waals surface area contributed by atoms with Crippen molar-refractivity contribution in [1.82, 2.24) is 15.1 Å². The standard InChI is InChI=1S/C21H19F2N3O3/c1-2-18(21(28)24-13-14-5-3-4-6-17(14)23)29-19-11-12-20(27)26(25-19)16-9-7-15(22)8-10-16/h3-12,18H,2,13H2,1H3,(H,24,28)/t18-/m0/s1. The number of hydrogen-bond donors (Lipinski definition) is 1. The van der Waals surface area contributed by atoms with Crippen molar-refractivity contribution in [2.45, 2.75) is 26.0 Å². The van der Waals surface area contributed by atoms with Gasteiger partial charge in [-0.2, -0.15) is 4.68 Å². The van der Waals surface area contributed by atoms with Crippen LogP contribution < -0.4 is 15.6 Å². The van der Waals surface area contributed by atoms with Crippen LogP contribution in [0.5, 0.6) is 5.88 Å². The van der Waals surface area contributed by atoms with Gasteiger partial charge in [-0.3, -0.25) is 9.59 Å². The Kier molecular flexibility index (Phi) is 6.33. The number of carbonyl (C=O) groups is 1. The first-order valence-corrected chi connectivity index (χ1v) is 9.02. The minimum absolute atomic E-state index is 0.0217. The molecule has 0 bridgehead atoms. The predicted molar refractivity (Wildman–Crippen MR) is 103 cm³/mol. The SMILES string of the molecule is CC[C@H](Oc1ccc(=O)n(-c2ccc(F)cc2)n1)C(=O)NCc1ccccc1F. The van der Waals surface area contributed by atoms with E-state index >= 15 is 0 Å². The maximum atomic E-state index is 13.7. The molecule has 0 saturated heterocycles. The smallest absolute Gasteiger partial charge is 0.271 e. The summed E-state index contributed by atoms with van der Waals surface area (Å²) in [6.45, 7) is 1.78. The van der Waals surface area contributed by atoms with Crippen LogP contribution in [-0.2, 0) is 11.3 Å². The highest BCUT2D eigenvalue weighted by atomic mass is 19.1. The van der Waals surface area contributed by atoms with Crippen LogP contribution in [0.1, 0.15) is 18.9 Å². The van der Waals surface area contributed by atoms with E-state index in [1.807, 2.05) is 0 Å². The topological polar surface area (TPSA) is 73.2 Å². The van der Waals surface area contributed by atoms with Gasteiger partial charge in [0.2, 0.25) is 5.88 Å². The summed E-state index contributed by atoms with van der Waals surface area (Å²) < 4.78 is 33.5. The van der Waals surface area contributed by atoms with Crippen molar-refractivity contribution in [1.29, 1.82) is 0 Å². The van der Waals surface area contributed by atoms with Gasteiger partial charge in [0.15, 0.2) is 6.10 Å². The van der Waals surface area contributed by atoms with E-state index in [0.29, 0.717) is 17.7 Å². The van der Waals surface area contributed by atoms with E-state index in [-0.39, 0.29) is 12.4 Å². The van der Waals surface area contributed by atoms with Crippen LogP contribution >= 0.6 is 0 Å². The Morgan fingerprint density at radius 2 is 1.83 bits per heavy atom. The second-order valence-corrected chi connectivity index (χ2v) is 6.22. The molecule has 150 valence electrons. The highest BCUT2D eigenvalue weighted by molar-refractivity contribution is 5.81. The van der Waals surface area contributed by atoms with Gasteiger partial charge in [0.05, 0.1) is 5.69 Å². The van der Waals surface area contributed by atoms with E-state index in [4.69, 9.17) is 4.74 Å². The lowest BCUT2D eigenvalue weighted by Crippen LogP contribution is -2.38. The largest absolute Gasteiger partial charge is 0.463 e. The van der Waals surface area contributed by atoms with Crippen molar-refractivity contribution in [3.05, 3.63) is 88.2 Å². The van der Waals surface area contributed by atoms with Crippen LogP contribution in [0.25, 0.3) is 5.69 Å². The van der Waals surface area contributed by atoms with Gasteiger partial charge >= 0.3 is 0 Å². The van der Waals surface area contributed by atoms with Crippen molar-refractivity contribution in [2.24, 2.45) is 0 Å². The maximum absolute atomic E-state index is 13.7. The van der Waals surface area contributed by atoms with E-state index in [0.717, 1.165) is 4.68 Å². The zero-order chi connectivity index (χ0) is 20.8. The van der Waals surface area contributed by atoms with Gasteiger partial charge in [-0.05, 0) is 36.8 Å². The fourth-order valence-corrected chi connectivity index (χ4v) is 2.63. The number of rotatable bonds is 7. The van der Waals surface area contributed by atoms with E-state index in [2.05, 4.69) is 10.4 Å². The fraction of sp³-hybridized carbons (Fsp3) is 0.190. The molecule has 1 heterocycles. The number of nitrogens with one attached hydrogen (secondary N) is 1. The van der Waals surface area contributed by atoms with Crippen LogP contribution in [0.15, 0.2) is 65.5 Å². The number of amides is 1. The molecule has 2 aromatic carbocycles. The predicted octanol–water partition coefficient (Wildman–Crippen LogP) is 2.98. The first-order valence-electron chi connectivity index (χ1n) is 9.02. The van der Waals surface area contributed by atoms with Crippen molar-refractivity contribution in [3.8, 4) is 11.6 Å². The van der Waals surface area contributed by atoms with Crippen LogP contribution in [0.4, 0.5) is 8.78 Å². The number of halogens is 2. The molecule has 6 nitrogen and oxygen atoms in total. The van der Waals surface area contributed by atoms with Gasteiger partial charge in [0.25, 0.3) is 11.5 Å². The van der Waals surface area contributed by atoms with Crippen molar-refractivity contribution < 1.29 is 18.3 Å². The Morgan fingerprint density at radius 1 is 1.10 bits per heavy atom. The lowest BCUT2D eigenvalue weighted by Gasteiger charge is -2.17. The molecule has 0 aliphatic rings. The van der Waals surface area contributed by atoms with E-state index in [1.165, 1.54) is 42.5 Å². The second kappa shape index (κ2) is 9.09. The minimum atomic E-state index is -0.881. The summed E-state index contributed by atoms with van der Waals surface area (Å²) in [6.07, 6.45) is -0.547. The van der Waals surface area contributed by atoms with Crippen molar-refractivity contribution in [2.75, 3.05) is 0 Å². The van der Waals surface area contributed by atoms with Gasteiger partial charge < -0.3 is 10.1 Å². The summed E-state index contributed by atoms with van der Waals surface area (Å²) >= 11 is 0. The van der Waals surface area contributed by atoms with E-state index in [1.54, 1.807) is 25.1 Å². The van der Waals surface area contributed by atoms with Gasteiger partial charge in [-0.15, -0.1) is 5.10 Å². The third-order valence-corrected chi connectivity index (χ3v) is 4.18. The molecule has 1 aromatic heterocycles. The van der Waals surface area contributed by atoms with E-state index in [9.17, 15) is 18.4 Å². The summed E-state index contributed by atoms with van der Waals surface area (Å²) in [5.41, 5.74) is 0.290. The molecule has 0 spiro atoms. The summed E-state index contributed by atoms with van der Waals surface area (Å²) in [6, 6.07) is 14.0. The zero-order valence-corrected chi connectivity index (χ0v) is 15.6. The average molecular weight is 399 g/mol. The second-order valence-electron chi connectivity index (χ2n) is 6.22. The highest BCUT2D eigenvalue weighted by Crippen LogP contribution is 2.12. The number of carbonyl (C=O) groups excluding carboxylic acids is 1. The quantitative estimate of drug-likeness (QED) is 0.663. The molecule has 0 radical (unpaired) electrons. The van der Waals surface area contributed by atoms with Gasteiger partial charge in [-0.25, -0.2) is 8.78 Å². The summed E-state index contributed by atoms with van der Waals surface area (Å²) in [7, 11) is 0. The molecule has 0 aliphatic heterocycles. The van der Waals surface area contributed by atoms with Crippen molar-refractivity contribution in [3.63, 3.8) is 0 Å². The number of benzene rings is 2. The van der Waals surface area contributed by atoms with E-state index < -0.39 is 29.2 Å². The first kappa shape index (κ1) is 20.2. The monoisotopic (exact) mass is 399 g/mol. The molecule has 0 unspecified atom stereocenters. The van der Waals surface area contributed by atoms with Crippen LogP contribution in [0.3, 0.4) is 0 Å². The average Bonchev–Trinajstić information content (AvgIpc) is 2.73. The Hall–Kier alpha value is -3.55. The molecule has 1 amide bonds. The summed E-state index contributed by atoms with van der Waals surface area (Å²) in [4.78, 5) is 24.5. The maximum Gasteiger partial charge on any atom is 0.271 e. The third kappa shape index (κ3) is 5.04. The Bertz CT molecular complexity index is 1050. The van der Waals surface area contributed by atoms with Crippen LogP contribution in [0, 0.1) is 11.6 Å². The molecule has 1 N–H and O–H groups in total. The molecule has 8 heteroatoms. The molecule has 1 atom stereocenters. The molecular formula is C21H19F2N3O3. The molecule has 3 rings (SSSR count). The summed E-state index contributed by atoms with van der Waals surface area (Å²) in [5.74, 6) is -1.22. The number of aromatic nitrogens is 2. The van der Waals surface area contributed by atoms with Crippen LogP contribution in [0.2, 0.25) is 0 Å². The Balaban J connectivity index is 1.72. The number of hydrogen-bond acceptors (Lipinski definition) is 4. The molecule has 0 aliphatic carbocycles. The van der Waals surface area contributed by atoms with Gasteiger partial charge in [0, 0.05) is 24.2 Å². The van der Waals surface area contributed by atoms with Crippen molar-refractivity contribution >= 4 is 5.91 Å². The summed E-state index contributed by atoms with van der Waals surface area (Å²) in [5, 5.41) is 6.73. The van der Waals surface area contributed by atoms with Gasteiger partial charge in [-0.1, -0.05) is 25.1 Å². The minimum Gasteiger partial charge on any atom is -0.463 e. The Labute approximate surface area is 165 Å². The van der Waals surface area contributed by atoms with Crippen LogP contribution in [-0.4, -0.2) is 21.8 Å². The molecular weight excluding hydrogens is 380 g/mol. The highest BCUT2D eigenvalue weighted by Gasteiger charge is 2.19. The molecule has 3 aromatic rings. The molecule has 29 heavy (non-hydrogen) atoms. The molecule has 0 fully saturated rings. The van der Waals surface area contributed by atoms with Gasteiger partial charge in [0.1, 0.15) is 11.6 Å². The normalized spacial score (nSPS) is 11.7. The lowest BCUT2D eigenvalue weighted by atomic mass is 10.2. The zero-order valence-electron chi connectivity index (χ0n) is 15.6. The number of nitrogens with zero attached hydrogens (tertiary/aromatic N) is 2.